The van der Waals surface area contributed by atoms with Gasteiger partial charge in [0, 0.05) is 30.8 Å². The van der Waals surface area contributed by atoms with E-state index >= 15 is 0 Å². The van der Waals surface area contributed by atoms with Crippen LogP contribution in [0.4, 0.5) is 0 Å². The number of carbonyl (C=O) groups is 1. The Hall–Kier alpha value is -1.62. The third-order valence-electron chi connectivity index (χ3n) is 3.42. The average Bonchev–Trinajstić information content (AvgIpc) is 3.13. The van der Waals surface area contributed by atoms with Gasteiger partial charge in [-0.1, -0.05) is 0 Å². The fraction of sp³-hybridized carbons (Fsp3) is 0.571. The highest BCUT2D eigenvalue weighted by molar-refractivity contribution is 5.94. The smallest absolute Gasteiger partial charge is 0.251 e. The van der Waals surface area contributed by atoms with Crippen LogP contribution in [0.5, 0.6) is 5.88 Å². The van der Waals surface area contributed by atoms with E-state index in [1.165, 1.54) is 12.8 Å². The number of ether oxygens (including phenoxy) is 2. The van der Waals surface area contributed by atoms with Gasteiger partial charge in [0.2, 0.25) is 5.88 Å². The van der Waals surface area contributed by atoms with Crippen molar-refractivity contribution in [3.8, 4) is 5.88 Å². The summed E-state index contributed by atoms with van der Waals surface area (Å²) in [7, 11) is 0. The Bertz CT molecular complexity index is 454. The van der Waals surface area contributed by atoms with E-state index in [-0.39, 0.29) is 12.0 Å². The van der Waals surface area contributed by atoms with Gasteiger partial charge in [-0.15, -0.1) is 0 Å². The van der Waals surface area contributed by atoms with Crippen LogP contribution in [0.15, 0.2) is 18.3 Å². The molecule has 1 saturated heterocycles. The maximum atomic E-state index is 11.9. The number of nitrogens with one attached hydrogen (secondary N) is 1. The molecule has 1 aromatic heterocycles. The van der Waals surface area contributed by atoms with Gasteiger partial charge < -0.3 is 14.8 Å². The Morgan fingerprint density at radius 2 is 2.37 bits per heavy atom. The molecule has 0 radical (unpaired) electrons. The number of hydrogen-bond acceptors (Lipinski definition) is 4. The Morgan fingerprint density at radius 3 is 3.11 bits per heavy atom. The zero-order valence-electron chi connectivity index (χ0n) is 10.8. The van der Waals surface area contributed by atoms with E-state index in [4.69, 9.17) is 9.47 Å². The second kappa shape index (κ2) is 5.57. The molecular weight excluding hydrogens is 244 g/mol. The van der Waals surface area contributed by atoms with Crippen LogP contribution in [-0.4, -0.2) is 36.8 Å². The summed E-state index contributed by atoms with van der Waals surface area (Å²) >= 11 is 0. The summed E-state index contributed by atoms with van der Waals surface area (Å²) in [6, 6.07) is 3.40. The first kappa shape index (κ1) is 12.4. The molecule has 3 rings (SSSR count). The van der Waals surface area contributed by atoms with Gasteiger partial charge in [0.1, 0.15) is 6.10 Å². The highest BCUT2D eigenvalue weighted by Crippen LogP contribution is 2.27. The van der Waals surface area contributed by atoms with Crippen LogP contribution in [0.25, 0.3) is 0 Å². The predicted molar refractivity (Wildman–Crippen MR) is 69.1 cm³/mol. The lowest BCUT2D eigenvalue weighted by Crippen LogP contribution is -2.25. The predicted octanol–water partition coefficient (Wildman–Crippen LogP) is 1.39. The standard InChI is InChI=1S/C14H18N2O3/c17-14(16-8-10-1-2-10)11-3-5-15-13(7-11)19-12-4-6-18-9-12/h3,5,7,10,12H,1-2,4,6,8-9H2,(H,16,17)/t12-/m1/s1. The minimum Gasteiger partial charge on any atom is -0.472 e. The first-order valence-corrected chi connectivity index (χ1v) is 6.80. The van der Waals surface area contributed by atoms with E-state index in [0.717, 1.165) is 19.6 Å². The van der Waals surface area contributed by atoms with Crippen LogP contribution in [-0.2, 0) is 4.74 Å². The zero-order chi connectivity index (χ0) is 13.1. The molecule has 102 valence electrons. The fourth-order valence-corrected chi connectivity index (χ4v) is 2.05. The van der Waals surface area contributed by atoms with Gasteiger partial charge >= 0.3 is 0 Å². The number of carbonyl (C=O) groups excluding carboxylic acids is 1. The minimum absolute atomic E-state index is 0.0530. The monoisotopic (exact) mass is 262 g/mol. The van der Waals surface area contributed by atoms with Crippen molar-refractivity contribution in [1.29, 1.82) is 0 Å². The van der Waals surface area contributed by atoms with Gasteiger partial charge in [0.05, 0.1) is 13.2 Å². The largest absolute Gasteiger partial charge is 0.472 e. The minimum atomic E-state index is -0.0539. The normalized spacial score (nSPS) is 22.2. The third-order valence-corrected chi connectivity index (χ3v) is 3.42. The van der Waals surface area contributed by atoms with Crippen molar-refractivity contribution in [3.63, 3.8) is 0 Å². The summed E-state index contributed by atoms with van der Waals surface area (Å²) in [6.07, 6.45) is 4.99. The van der Waals surface area contributed by atoms with Gasteiger partial charge in [-0.2, -0.15) is 0 Å². The Kier molecular flexibility index (Phi) is 3.64. The van der Waals surface area contributed by atoms with Crippen molar-refractivity contribution < 1.29 is 14.3 Å². The number of amides is 1. The van der Waals surface area contributed by atoms with Gasteiger partial charge in [-0.25, -0.2) is 4.98 Å². The van der Waals surface area contributed by atoms with Crippen LogP contribution >= 0.6 is 0 Å². The van der Waals surface area contributed by atoms with E-state index in [1.54, 1.807) is 18.3 Å². The molecule has 1 aliphatic carbocycles. The molecule has 1 N–H and O–H groups in total. The lowest BCUT2D eigenvalue weighted by atomic mass is 10.2. The van der Waals surface area contributed by atoms with Crippen LogP contribution in [0.3, 0.4) is 0 Å². The summed E-state index contributed by atoms with van der Waals surface area (Å²) < 4.78 is 10.9. The SMILES string of the molecule is O=C(NCC1CC1)c1ccnc(O[C@@H]2CCOC2)c1. The van der Waals surface area contributed by atoms with Gasteiger partial charge in [-0.05, 0) is 24.8 Å². The molecule has 2 aliphatic rings. The van der Waals surface area contributed by atoms with Crippen molar-refractivity contribution in [2.75, 3.05) is 19.8 Å². The molecule has 1 amide bonds. The quantitative estimate of drug-likeness (QED) is 0.871. The molecule has 0 spiro atoms. The van der Waals surface area contributed by atoms with Gasteiger partial charge in [0.25, 0.3) is 5.91 Å². The highest BCUT2D eigenvalue weighted by Gasteiger charge is 2.22. The molecule has 19 heavy (non-hydrogen) atoms. The lowest BCUT2D eigenvalue weighted by Gasteiger charge is -2.11. The van der Waals surface area contributed by atoms with Crippen LogP contribution in [0.2, 0.25) is 0 Å². The first-order chi connectivity index (χ1) is 9.31. The molecule has 0 aromatic carbocycles. The van der Waals surface area contributed by atoms with E-state index in [2.05, 4.69) is 10.3 Å². The molecule has 2 heterocycles. The number of aromatic nitrogens is 1. The first-order valence-electron chi connectivity index (χ1n) is 6.80. The number of rotatable bonds is 5. The summed E-state index contributed by atoms with van der Waals surface area (Å²) in [5.41, 5.74) is 0.601. The van der Waals surface area contributed by atoms with Crippen molar-refractivity contribution in [2.24, 2.45) is 5.92 Å². The van der Waals surface area contributed by atoms with Crippen molar-refractivity contribution in [3.05, 3.63) is 23.9 Å². The van der Waals surface area contributed by atoms with Crippen LogP contribution in [0.1, 0.15) is 29.6 Å². The summed E-state index contributed by atoms with van der Waals surface area (Å²) in [5, 5.41) is 2.93. The van der Waals surface area contributed by atoms with Crippen molar-refractivity contribution in [1.82, 2.24) is 10.3 Å². The maximum absolute atomic E-state index is 11.9. The Labute approximate surface area is 112 Å². The molecular formula is C14H18N2O3. The number of hydrogen-bond donors (Lipinski definition) is 1. The van der Waals surface area contributed by atoms with Gasteiger partial charge in [0.15, 0.2) is 0 Å². The Morgan fingerprint density at radius 1 is 1.47 bits per heavy atom. The second-order valence-corrected chi connectivity index (χ2v) is 5.14. The molecule has 0 unspecified atom stereocenters. The summed E-state index contributed by atoms with van der Waals surface area (Å²) in [6.45, 7) is 2.10. The van der Waals surface area contributed by atoms with Crippen molar-refractivity contribution in [2.45, 2.75) is 25.4 Å². The zero-order valence-corrected chi connectivity index (χ0v) is 10.8. The molecule has 2 fully saturated rings. The Balaban J connectivity index is 1.59. The third kappa shape index (κ3) is 3.44. The van der Waals surface area contributed by atoms with E-state index in [0.29, 0.717) is 24.0 Å². The topological polar surface area (TPSA) is 60.5 Å². The van der Waals surface area contributed by atoms with E-state index in [1.807, 2.05) is 0 Å². The highest BCUT2D eigenvalue weighted by atomic mass is 16.5. The average molecular weight is 262 g/mol. The van der Waals surface area contributed by atoms with E-state index in [9.17, 15) is 4.79 Å². The maximum Gasteiger partial charge on any atom is 0.251 e. The number of pyridine rings is 1. The van der Waals surface area contributed by atoms with Gasteiger partial charge in [-0.3, -0.25) is 4.79 Å². The number of nitrogens with zero attached hydrogens (tertiary/aromatic N) is 1. The van der Waals surface area contributed by atoms with E-state index < -0.39 is 0 Å². The lowest BCUT2D eigenvalue weighted by molar-refractivity contribution is 0.0950. The molecule has 1 atom stereocenters. The van der Waals surface area contributed by atoms with Crippen molar-refractivity contribution >= 4 is 5.91 Å². The summed E-state index contributed by atoms with van der Waals surface area (Å²) in [5.74, 6) is 1.12. The summed E-state index contributed by atoms with van der Waals surface area (Å²) in [4.78, 5) is 16.1. The molecule has 5 nitrogen and oxygen atoms in total. The molecule has 1 aromatic rings. The fourth-order valence-electron chi connectivity index (χ4n) is 2.05. The second-order valence-electron chi connectivity index (χ2n) is 5.14. The van der Waals surface area contributed by atoms with Crippen LogP contribution in [0, 0.1) is 5.92 Å². The molecule has 1 saturated carbocycles. The molecule has 0 bridgehead atoms. The molecule has 1 aliphatic heterocycles. The van der Waals surface area contributed by atoms with Crippen LogP contribution < -0.4 is 10.1 Å². The molecule has 5 heteroatoms.